The monoisotopic (exact) mass is 276 g/mol. The van der Waals surface area contributed by atoms with Crippen molar-refractivity contribution < 1.29 is 4.92 Å². The van der Waals surface area contributed by atoms with Gasteiger partial charge in [0.2, 0.25) is 0 Å². The zero-order chi connectivity index (χ0) is 14.9. The third-order valence-corrected chi connectivity index (χ3v) is 4.47. The van der Waals surface area contributed by atoms with Crippen molar-refractivity contribution in [3.05, 3.63) is 33.9 Å². The topological polar surface area (TPSA) is 55.2 Å². The minimum Gasteiger partial charge on any atom is -0.382 e. The smallest absolute Gasteiger partial charge is 0.271 e. The molecular formula is C16H24N2O2. The molecule has 20 heavy (non-hydrogen) atoms. The number of hydrogen-bond donors (Lipinski definition) is 1. The lowest BCUT2D eigenvalue weighted by molar-refractivity contribution is -0.384. The van der Waals surface area contributed by atoms with E-state index in [1.807, 2.05) is 13.0 Å². The van der Waals surface area contributed by atoms with Crippen LogP contribution in [0.5, 0.6) is 0 Å². The summed E-state index contributed by atoms with van der Waals surface area (Å²) in [5, 5.41) is 14.4. The molecule has 0 aromatic heterocycles. The predicted molar refractivity (Wildman–Crippen MR) is 82.0 cm³/mol. The molecule has 1 aliphatic rings. The van der Waals surface area contributed by atoms with Gasteiger partial charge in [-0.25, -0.2) is 0 Å². The van der Waals surface area contributed by atoms with E-state index in [0.29, 0.717) is 17.4 Å². The Morgan fingerprint density at radius 1 is 1.40 bits per heavy atom. The predicted octanol–water partition coefficient (Wildman–Crippen LogP) is 4.53. The van der Waals surface area contributed by atoms with Crippen LogP contribution < -0.4 is 5.32 Å². The largest absolute Gasteiger partial charge is 0.382 e. The van der Waals surface area contributed by atoms with Crippen LogP contribution in [0.2, 0.25) is 0 Å². The van der Waals surface area contributed by atoms with E-state index in [1.54, 1.807) is 12.1 Å². The number of hydrogen-bond acceptors (Lipinski definition) is 3. The fourth-order valence-electron chi connectivity index (χ4n) is 3.24. The van der Waals surface area contributed by atoms with Gasteiger partial charge in [0.25, 0.3) is 5.69 Å². The first kappa shape index (κ1) is 14.8. The van der Waals surface area contributed by atoms with Gasteiger partial charge in [0, 0.05) is 23.9 Å². The molecule has 1 aromatic carbocycles. The molecule has 110 valence electrons. The lowest BCUT2D eigenvalue weighted by atomic mass is 9.70. The number of non-ortho nitro benzene ring substituents is 1. The Hall–Kier alpha value is -1.58. The van der Waals surface area contributed by atoms with Crippen LogP contribution in [0.3, 0.4) is 0 Å². The van der Waals surface area contributed by atoms with Crippen LogP contribution in [0.15, 0.2) is 18.2 Å². The van der Waals surface area contributed by atoms with Crippen molar-refractivity contribution in [3.63, 3.8) is 0 Å². The molecule has 1 aliphatic carbocycles. The summed E-state index contributed by atoms with van der Waals surface area (Å²) in [5.74, 6) is 0.581. The van der Waals surface area contributed by atoms with Crippen molar-refractivity contribution in [2.45, 2.75) is 53.0 Å². The summed E-state index contributed by atoms with van der Waals surface area (Å²) in [6.07, 6.45) is 3.51. The molecule has 1 aromatic rings. The molecular weight excluding hydrogens is 252 g/mol. The maximum atomic E-state index is 10.9. The summed E-state index contributed by atoms with van der Waals surface area (Å²) in [4.78, 5) is 10.5. The van der Waals surface area contributed by atoms with E-state index in [1.165, 1.54) is 12.8 Å². The van der Waals surface area contributed by atoms with Gasteiger partial charge in [-0.05, 0) is 43.1 Å². The van der Waals surface area contributed by atoms with Crippen LogP contribution >= 0.6 is 0 Å². The molecule has 2 rings (SSSR count). The lowest BCUT2D eigenvalue weighted by Crippen LogP contribution is -2.37. The van der Waals surface area contributed by atoms with Gasteiger partial charge >= 0.3 is 0 Å². The molecule has 0 heterocycles. The second-order valence-electron chi connectivity index (χ2n) is 6.89. The molecule has 0 spiro atoms. The first-order valence-electron chi connectivity index (χ1n) is 7.30. The van der Waals surface area contributed by atoms with Gasteiger partial charge in [-0.2, -0.15) is 0 Å². The van der Waals surface area contributed by atoms with Crippen LogP contribution in [0.25, 0.3) is 0 Å². The van der Waals surface area contributed by atoms with Gasteiger partial charge in [0.1, 0.15) is 0 Å². The Kier molecular flexibility index (Phi) is 4.02. The zero-order valence-corrected chi connectivity index (χ0v) is 12.8. The minimum atomic E-state index is -0.335. The van der Waals surface area contributed by atoms with Gasteiger partial charge in [-0.1, -0.05) is 26.8 Å². The Labute approximate surface area is 120 Å². The van der Waals surface area contributed by atoms with Crippen molar-refractivity contribution in [3.8, 4) is 0 Å². The van der Waals surface area contributed by atoms with Crippen LogP contribution in [0, 0.1) is 28.4 Å². The second-order valence-corrected chi connectivity index (χ2v) is 6.89. The average molecular weight is 276 g/mol. The van der Waals surface area contributed by atoms with Crippen LogP contribution in [0.1, 0.15) is 45.6 Å². The highest BCUT2D eigenvalue weighted by Gasteiger charge is 2.32. The zero-order valence-electron chi connectivity index (χ0n) is 12.8. The number of nitro benzene ring substituents is 1. The Bertz CT molecular complexity index is 511. The molecule has 1 saturated carbocycles. The highest BCUT2D eigenvalue weighted by atomic mass is 16.6. The fraction of sp³-hybridized carbons (Fsp3) is 0.625. The van der Waals surface area contributed by atoms with Crippen molar-refractivity contribution in [1.29, 1.82) is 0 Å². The number of nitro groups is 1. The molecule has 2 atom stereocenters. The molecule has 4 nitrogen and oxygen atoms in total. The Morgan fingerprint density at radius 3 is 2.70 bits per heavy atom. The highest BCUT2D eigenvalue weighted by molar-refractivity contribution is 5.57. The highest BCUT2D eigenvalue weighted by Crippen LogP contribution is 2.40. The average Bonchev–Trinajstić information content (AvgIpc) is 2.34. The maximum absolute atomic E-state index is 10.9. The van der Waals surface area contributed by atoms with Crippen LogP contribution in [-0.2, 0) is 0 Å². The van der Waals surface area contributed by atoms with Crippen LogP contribution in [0.4, 0.5) is 11.4 Å². The van der Waals surface area contributed by atoms with E-state index in [2.05, 4.69) is 26.1 Å². The van der Waals surface area contributed by atoms with E-state index < -0.39 is 0 Å². The molecule has 1 fully saturated rings. The van der Waals surface area contributed by atoms with Crippen molar-refractivity contribution >= 4 is 11.4 Å². The van der Waals surface area contributed by atoms with E-state index in [9.17, 15) is 10.1 Å². The third kappa shape index (κ3) is 3.30. The summed E-state index contributed by atoms with van der Waals surface area (Å²) in [6, 6.07) is 5.44. The minimum absolute atomic E-state index is 0.155. The molecule has 2 unspecified atom stereocenters. The normalized spacial score (nSPS) is 25.2. The summed E-state index contributed by atoms with van der Waals surface area (Å²) in [5.41, 5.74) is 2.53. The molecule has 0 aliphatic heterocycles. The SMILES string of the molecule is Cc1ccc([N+](=O)[O-])cc1NC1CCC(C)(C)CC1C. The fourth-order valence-corrected chi connectivity index (χ4v) is 3.24. The van der Waals surface area contributed by atoms with Gasteiger partial charge < -0.3 is 5.32 Å². The first-order chi connectivity index (χ1) is 9.28. The van der Waals surface area contributed by atoms with Gasteiger partial charge in [0.15, 0.2) is 0 Å². The quantitative estimate of drug-likeness (QED) is 0.652. The number of benzene rings is 1. The van der Waals surface area contributed by atoms with E-state index >= 15 is 0 Å². The first-order valence-corrected chi connectivity index (χ1v) is 7.30. The molecule has 0 bridgehead atoms. The number of nitrogens with one attached hydrogen (secondary N) is 1. The molecule has 0 saturated heterocycles. The maximum Gasteiger partial charge on any atom is 0.271 e. The van der Waals surface area contributed by atoms with E-state index in [4.69, 9.17) is 0 Å². The Balaban J connectivity index is 2.14. The van der Waals surface area contributed by atoms with Gasteiger partial charge in [0.05, 0.1) is 4.92 Å². The van der Waals surface area contributed by atoms with E-state index in [-0.39, 0.29) is 10.6 Å². The number of nitrogens with zero attached hydrogens (tertiary/aromatic N) is 1. The molecule has 0 amide bonds. The van der Waals surface area contributed by atoms with Crippen molar-refractivity contribution in [2.24, 2.45) is 11.3 Å². The number of anilines is 1. The number of rotatable bonds is 3. The summed E-state index contributed by atoms with van der Waals surface area (Å²) >= 11 is 0. The lowest BCUT2D eigenvalue weighted by Gasteiger charge is -2.40. The van der Waals surface area contributed by atoms with E-state index in [0.717, 1.165) is 17.7 Å². The number of aryl methyl sites for hydroxylation is 1. The standard InChI is InChI=1S/C16H24N2O2/c1-11-5-6-13(18(19)20)9-15(11)17-14-7-8-16(3,4)10-12(14)2/h5-6,9,12,14,17H,7-8,10H2,1-4H3. The molecule has 4 heteroatoms. The van der Waals surface area contributed by atoms with Crippen molar-refractivity contribution in [1.82, 2.24) is 0 Å². The van der Waals surface area contributed by atoms with Crippen LogP contribution in [-0.4, -0.2) is 11.0 Å². The van der Waals surface area contributed by atoms with Crippen molar-refractivity contribution in [2.75, 3.05) is 5.32 Å². The summed E-state index contributed by atoms with van der Waals surface area (Å²) in [7, 11) is 0. The second kappa shape index (κ2) is 5.43. The summed E-state index contributed by atoms with van der Waals surface area (Å²) < 4.78 is 0. The Morgan fingerprint density at radius 2 is 2.10 bits per heavy atom. The van der Waals surface area contributed by atoms with Gasteiger partial charge in [-0.15, -0.1) is 0 Å². The molecule has 1 N–H and O–H groups in total. The summed E-state index contributed by atoms with van der Waals surface area (Å²) in [6.45, 7) is 8.89. The molecule has 0 radical (unpaired) electrons. The third-order valence-electron chi connectivity index (χ3n) is 4.47. The van der Waals surface area contributed by atoms with Gasteiger partial charge in [-0.3, -0.25) is 10.1 Å².